The van der Waals surface area contributed by atoms with E-state index in [1.54, 1.807) is 0 Å². The van der Waals surface area contributed by atoms with E-state index in [4.69, 9.17) is 10.5 Å². The molecule has 1 aliphatic heterocycles. The van der Waals surface area contributed by atoms with Crippen molar-refractivity contribution in [3.63, 3.8) is 0 Å². The van der Waals surface area contributed by atoms with E-state index in [9.17, 15) is 10.2 Å². The summed E-state index contributed by atoms with van der Waals surface area (Å²) < 4.78 is 7.29. The fourth-order valence-corrected chi connectivity index (χ4v) is 2.78. The number of hydrogen-bond donors (Lipinski definition) is 3. The Morgan fingerprint density at radius 1 is 1.50 bits per heavy atom. The number of nitrogen functional groups attached to an aromatic ring is 1. The first-order chi connectivity index (χ1) is 9.67. The van der Waals surface area contributed by atoms with Gasteiger partial charge in [0.25, 0.3) is 0 Å². The number of ether oxygens (including phenoxy) is 1. The summed E-state index contributed by atoms with van der Waals surface area (Å²) in [5.41, 5.74) is 7.67. The predicted octanol–water partition coefficient (Wildman–Crippen LogP) is -0.131. The molecule has 3 rings (SSSR count). The van der Waals surface area contributed by atoms with E-state index < -0.39 is 12.2 Å². The van der Waals surface area contributed by atoms with Gasteiger partial charge in [-0.15, -0.1) is 0 Å². The lowest BCUT2D eigenvalue weighted by Gasteiger charge is -2.17. The summed E-state index contributed by atoms with van der Waals surface area (Å²) in [6.45, 7) is 2.17. The summed E-state index contributed by atoms with van der Waals surface area (Å²) in [7, 11) is 0. The van der Waals surface area contributed by atoms with Crippen LogP contribution in [-0.4, -0.2) is 50.2 Å². The zero-order valence-electron chi connectivity index (χ0n) is 11.2. The molecule has 7 nitrogen and oxygen atoms in total. The van der Waals surface area contributed by atoms with Gasteiger partial charge in [-0.25, -0.2) is 9.97 Å². The van der Waals surface area contributed by atoms with Gasteiger partial charge in [0.1, 0.15) is 30.0 Å². The molecule has 20 heavy (non-hydrogen) atoms. The minimum atomic E-state index is -0.767. The number of nitrogens with zero attached hydrogens (tertiary/aromatic N) is 3. The average Bonchev–Trinajstić information content (AvgIpc) is 3.00. The van der Waals surface area contributed by atoms with Gasteiger partial charge in [-0.3, -0.25) is 0 Å². The third-order valence-corrected chi connectivity index (χ3v) is 3.89. The van der Waals surface area contributed by atoms with Crippen LogP contribution >= 0.6 is 0 Å². The van der Waals surface area contributed by atoms with Crippen LogP contribution in [0.3, 0.4) is 0 Å². The SMILES string of the molecule is CCc1cn(C2COC(CO)C2O)c2ncnc(N)c12. The Hall–Kier alpha value is -1.70. The van der Waals surface area contributed by atoms with E-state index in [1.807, 2.05) is 17.7 Å². The number of hydrogen-bond acceptors (Lipinski definition) is 6. The summed E-state index contributed by atoms with van der Waals surface area (Å²) in [5, 5.41) is 20.2. The number of anilines is 1. The van der Waals surface area contributed by atoms with Crippen LogP contribution in [0.15, 0.2) is 12.5 Å². The molecule has 0 aliphatic carbocycles. The Balaban J connectivity index is 2.11. The van der Waals surface area contributed by atoms with Gasteiger partial charge in [0.05, 0.1) is 24.6 Å². The Kier molecular flexibility index (Phi) is 3.33. The van der Waals surface area contributed by atoms with E-state index in [1.165, 1.54) is 6.33 Å². The average molecular weight is 278 g/mol. The van der Waals surface area contributed by atoms with Crippen molar-refractivity contribution in [1.82, 2.24) is 14.5 Å². The lowest BCUT2D eigenvalue weighted by Crippen LogP contribution is -2.30. The van der Waals surface area contributed by atoms with Gasteiger partial charge in [-0.05, 0) is 12.0 Å². The minimum absolute atomic E-state index is 0.200. The Morgan fingerprint density at radius 3 is 2.95 bits per heavy atom. The van der Waals surface area contributed by atoms with Crippen molar-refractivity contribution in [2.24, 2.45) is 0 Å². The van der Waals surface area contributed by atoms with Crippen LogP contribution in [0.5, 0.6) is 0 Å². The smallest absolute Gasteiger partial charge is 0.146 e. The third-order valence-electron chi connectivity index (χ3n) is 3.89. The highest BCUT2D eigenvalue weighted by atomic mass is 16.5. The van der Waals surface area contributed by atoms with Gasteiger partial charge in [-0.2, -0.15) is 0 Å². The highest BCUT2D eigenvalue weighted by Crippen LogP contribution is 2.32. The van der Waals surface area contributed by atoms with Crippen molar-refractivity contribution in [3.8, 4) is 0 Å². The first-order valence-corrected chi connectivity index (χ1v) is 6.67. The van der Waals surface area contributed by atoms with Crippen molar-refractivity contribution in [2.75, 3.05) is 18.9 Å². The normalized spacial score (nSPS) is 26.4. The second kappa shape index (κ2) is 5.01. The molecule has 4 N–H and O–H groups in total. The fourth-order valence-electron chi connectivity index (χ4n) is 2.78. The fraction of sp³-hybridized carbons (Fsp3) is 0.538. The number of aryl methyl sites for hydroxylation is 1. The Labute approximate surface area is 116 Å². The second-order valence-corrected chi connectivity index (χ2v) is 4.98. The van der Waals surface area contributed by atoms with Gasteiger partial charge < -0.3 is 25.3 Å². The van der Waals surface area contributed by atoms with Crippen LogP contribution in [0.1, 0.15) is 18.5 Å². The quantitative estimate of drug-likeness (QED) is 0.722. The van der Waals surface area contributed by atoms with Gasteiger partial charge in [0, 0.05) is 6.20 Å². The summed E-state index contributed by atoms with van der Waals surface area (Å²) in [5.74, 6) is 0.442. The third kappa shape index (κ3) is 1.86. The molecule has 2 aromatic heterocycles. The largest absolute Gasteiger partial charge is 0.394 e. The Morgan fingerprint density at radius 2 is 2.30 bits per heavy atom. The Bertz CT molecular complexity index is 627. The number of aliphatic hydroxyl groups excluding tert-OH is 2. The number of fused-ring (bicyclic) bond motifs is 1. The second-order valence-electron chi connectivity index (χ2n) is 4.98. The molecule has 0 amide bonds. The van der Waals surface area contributed by atoms with Crippen molar-refractivity contribution < 1.29 is 14.9 Å². The number of rotatable bonds is 3. The molecular formula is C13H18N4O3. The maximum atomic E-state index is 10.2. The summed E-state index contributed by atoms with van der Waals surface area (Å²) in [6.07, 6.45) is 2.83. The van der Waals surface area contributed by atoms with Crippen LogP contribution in [0.25, 0.3) is 11.0 Å². The molecular weight excluding hydrogens is 260 g/mol. The zero-order valence-corrected chi connectivity index (χ0v) is 11.2. The topological polar surface area (TPSA) is 106 Å². The van der Waals surface area contributed by atoms with Crippen molar-refractivity contribution in [1.29, 1.82) is 0 Å². The molecule has 0 aromatic carbocycles. The summed E-state index contributed by atoms with van der Waals surface area (Å²) in [4.78, 5) is 8.31. The lowest BCUT2D eigenvalue weighted by atomic mass is 10.1. The first kappa shape index (κ1) is 13.3. The molecule has 1 saturated heterocycles. The monoisotopic (exact) mass is 278 g/mol. The summed E-state index contributed by atoms with van der Waals surface area (Å²) >= 11 is 0. The standard InChI is InChI=1S/C13H18N4O3/c1-2-7-3-17(8-5-20-9(4-18)11(8)19)13-10(7)12(14)15-6-16-13/h3,6,8-9,11,18-19H,2,4-5H2,1H3,(H2,14,15,16). The van der Waals surface area contributed by atoms with Gasteiger partial charge in [0.2, 0.25) is 0 Å². The molecule has 0 bridgehead atoms. The first-order valence-electron chi connectivity index (χ1n) is 6.67. The van der Waals surface area contributed by atoms with Crippen LogP contribution in [0.2, 0.25) is 0 Å². The van der Waals surface area contributed by atoms with E-state index in [-0.39, 0.29) is 12.6 Å². The number of aliphatic hydroxyl groups is 2. The van der Waals surface area contributed by atoms with Crippen LogP contribution < -0.4 is 5.73 Å². The predicted molar refractivity (Wildman–Crippen MR) is 73.2 cm³/mol. The molecule has 0 spiro atoms. The molecule has 108 valence electrons. The van der Waals surface area contributed by atoms with Crippen LogP contribution in [0, 0.1) is 0 Å². The number of aromatic nitrogens is 3. The molecule has 2 aromatic rings. The highest BCUT2D eigenvalue weighted by molar-refractivity contribution is 5.89. The van der Waals surface area contributed by atoms with E-state index >= 15 is 0 Å². The van der Waals surface area contributed by atoms with Crippen molar-refractivity contribution in [3.05, 3.63) is 18.1 Å². The van der Waals surface area contributed by atoms with Gasteiger partial charge >= 0.3 is 0 Å². The maximum absolute atomic E-state index is 10.2. The van der Waals surface area contributed by atoms with Crippen molar-refractivity contribution in [2.45, 2.75) is 31.6 Å². The molecule has 0 radical (unpaired) electrons. The number of nitrogens with two attached hydrogens (primary N) is 1. The molecule has 7 heteroatoms. The van der Waals surface area contributed by atoms with Crippen LogP contribution in [0.4, 0.5) is 5.82 Å². The van der Waals surface area contributed by atoms with E-state index in [0.717, 1.165) is 17.4 Å². The van der Waals surface area contributed by atoms with Gasteiger partial charge in [-0.1, -0.05) is 6.92 Å². The van der Waals surface area contributed by atoms with E-state index in [0.29, 0.717) is 18.1 Å². The molecule has 3 atom stereocenters. The minimum Gasteiger partial charge on any atom is -0.394 e. The molecule has 1 fully saturated rings. The highest BCUT2D eigenvalue weighted by Gasteiger charge is 2.37. The molecule has 0 saturated carbocycles. The van der Waals surface area contributed by atoms with Crippen molar-refractivity contribution >= 4 is 16.9 Å². The molecule has 1 aliphatic rings. The maximum Gasteiger partial charge on any atom is 0.146 e. The molecule has 3 heterocycles. The summed E-state index contributed by atoms with van der Waals surface area (Å²) in [6, 6.07) is -0.274. The van der Waals surface area contributed by atoms with E-state index in [2.05, 4.69) is 9.97 Å². The zero-order chi connectivity index (χ0) is 14.3. The van der Waals surface area contributed by atoms with Crippen LogP contribution in [-0.2, 0) is 11.2 Å². The van der Waals surface area contributed by atoms with Gasteiger partial charge in [0.15, 0.2) is 0 Å². The molecule has 3 unspecified atom stereocenters. The lowest BCUT2D eigenvalue weighted by molar-refractivity contribution is 0.00207.